The number of nitrogens with zero attached hydrogens (tertiary/aromatic N) is 1. The van der Waals surface area contributed by atoms with E-state index in [1.165, 1.54) is 21.3 Å². The highest BCUT2D eigenvalue weighted by molar-refractivity contribution is 6.01. The summed E-state index contributed by atoms with van der Waals surface area (Å²) in [5.74, 6) is 0.0827. The quantitative estimate of drug-likeness (QED) is 0.488. The smallest absolute Gasteiger partial charge is 0.341 e. The van der Waals surface area contributed by atoms with Crippen LogP contribution in [0.15, 0.2) is 41.5 Å². The van der Waals surface area contributed by atoms with Gasteiger partial charge >= 0.3 is 5.97 Å². The summed E-state index contributed by atoms with van der Waals surface area (Å²) in [5, 5.41) is 12.8. The third-order valence-electron chi connectivity index (χ3n) is 3.90. The highest BCUT2D eigenvalue weighted by Crippen LogP contribution is 2.29. The summed E-state index contributed by atoms with van der Waals surface area (Å²) in [6.45, 7) is 1.23. The summed E-state index contributed by atoms with van der Waals surface area (Å²) in [5.41, 5.74) is 4.02. The lowest BCUT2D eigenvalue weighted by Crippen LogP contribution is -2.19. The van der Waals surface area contributed by atoms with Crippen LogP contribution in [0.25, 0.3) is 0 Å². The largest absolute Gasteiger partial charge is 0.493 e. The van der Waals surface area contributed by atoms with Crippen molar-refractivity contribution in [1.29, 1.82) is 0 Å². The molecule has 0 unspecified atom stereocenters. The number of hydrogen-bond donors (Lipinski definition) is 2. The third kappa shape index (κ3) is 5.61. The van der Waals surface area contributed by atoms with Gasteiger partial charge in [0.1, 0.15) is 0 Å². The minimum absolute atomic E-state index is 0.292. The van der Waals surface area contributed by atoms with Crippen molar-refractivity contribution in [3.63, 3.8) is 0 Å². The summed E-state index contributed by atoms with van der Waals surface area (Å²) in [6, 6.07) is 9.67. The lowest BCUT2D eigenvalue weighted by Gasteiger charge is -2.11. The predicted molar refractivity (Wildman–Crippen MR) is 105 cm³/mol. The first kappa shape index (κ1) is 21.5. The Hall–Kier alpha value is -3.75. The molecule has 2 rings (SSSR count). The van der Waals surface area contributed by atoms with E-state index in [2.05, 4.69) is 10.5 Å². The zero-order valence-corrected chi connectivity index (χ0v) is 16.5. The molecule has 1 amide bonds. The minimum Gasteiger partial charge on any atom is -0.493 e. The van der Waals surface area contributed by atoms with Crippen LogP contribution >= 0.6 is 0 Å². The van der Waals surface area contributed by atoms with Gasteiger partial charge in [-0.05, 0) is 43.3 Å². The number of ether oxygens (including phenoxy) is 4. The summed E-state index contributed by atoms with van der Waals surface area (Å²) in [4.78, 5) is 23.0. The molecule has 0 spiro atoms. The molecule has 29 heavy (non-hydrogen) atoms. The van der Waals surface area contributed by atoms with E-state index in [4.69, 9.17) is 24.1 Å². The van der Waals surface area contributed by atoms with Gasteiger partial charge in [0, 0.05) is 11.1 Å². The monoisotopic (exact) mass is 402 g/mol. The number of carboxylic acid groups (broad SMARTS) is 1. The molecule has 0 aliphatic rings. The van der Waals surface area contributed by atoms with Crippen molar-refractivity contribution in [3.05, 3.63) is 47.5 Å². The first-order chi connectivity index (χ1) is 13.9. The van der Waals surface area contributed by atoms with Crippen molar-refractivity contribution in [1.82, 2.24) is 5.43 Å². The van der Waals surface area contributed by atoms with E-state index in [-0.39, 0.29) is 0 Å². The summed E-state index contributed by atoms with van der Waals surface area (Å²) < 4.78 is 20.7. The Kier molecular flexibility index (Phi) is 7.41. The fraction of sp³-hybridized carbons (Fsp3) is 0.250. The van der Waals surface area contributed by atoms with Crippen molar-refractivity contribution in [2.45, 2.75) is 6.92 Å². The molecule has 0 heterocycles. The van der Waals surface area contributed by atoms with Crippen LogP contribution in [0, 0.1) is 0 Å². The van der Waals surface area contributed by atoms with E-state index in [0.29, 0.717) is 39.8 Å². The van der Waals surface area contributed by atoms with Crippen LogP contribution in [0.3, 0.4) is 0 Å². The number of amides is 1. The molecule has 0 aliphatic heterocycles. The minimum atomic E-state index is -1.09. The molecule has 0 bridgehead atoms. The lowest BCUT2D eigenvalue weighted by molar-refractivity contribution is -0.139. The van der Waals surface area contributed by atoms with Crippen LogP contribution in [-0.4, -0.2) is 50.6 Å². The van der Waals surface area contributed by atoms with Gasteiger partial charge < -0.3 is 24.1 Å². The number of hydrazone groups is 1. The lowest BCUT2D eigenvalue weighted by atomic mass is 10.1. The SMILES string of the molecule is COc1ccc(C(=O)N/N=C(/C)c2ccc(OCC(=O)O)c(OC)c2)cc1OC. The molecule has 9 nitrogen and oxygen atoms in total. The van der Waals surface area contributed by atoms with Crippen LogP contribution in [0.1, 0.15) is 22.8 Å². The highest BCUT2D eigenvalue weighted by atomic mass is 16.5. The summed E-state index contributed by atoms with van der Waals surface area (Å²) in [7, 11) is 4.44. The van der Waals surface area contributed by atoms with Crippen LogP contribution in [0.2, 0.25) is 0 Å². The van der Waals surface area contributed by atoms with Crippen molar-refractivity contribution in [3.8, 4) is 23.0 Å². The number of carbonyl (C=O) groups is 2. The maximum Gasteiger partial charge on any atom is 0.341 e. The molecule has 2 N–H and O–H groups in total. The van der Waals surface area contributed by atoms with Crippen LogP contribution in [0.4, 0.5) is 0 Å². The van der Waals surface area contributed by atoms with Gasteiger partial charge in [-0.15, -0.1) is 0 Å². The normalized spacial score (nSPS) is 10.8. The van der Waals surface area contributed by atoms with Crippen LogP contribution in [-0.2, 0) is 4.79 Å². The first-order valence-electron chi connectivity index (χ1n) is 8.49. The Morgan fingerprint density at radius 3 is 2.07 bits per heavy atom. The number of aliphatic carboxylic acids is 1. The molecular formula is C20H22N2O7. The molecule has 2 aromatic carbocycles. The Morgan fingerprint density at radius 2 is 1.45 bits per heavy atom. The second-order valence-electron chi connectivity index (χ2n) is 5.76. The van der Waals surface area contributed by atoms with E-state index < -0.39 is 18.5 Å². The molecule has 0 saturated heterocycles. The van der Waals surface area contributed by atoms with Gasteiger partial charge in [0.15, 0.2) is 29.6 Å². The topological polar surface area (TPSA) is 116 Å². The molecule has 0 atom stereocenters. The van der Waals surface area contributed by atoms with E-state index >= 15 is 0 Å². The average molecular weight is 402 g/mol. The molecule has 154 valence electrons. The number of nitrogens with one attached hydrogen (secondary N) is 1. The third-order valence-corrected chi connectivity index (χ3v) is 3.90. The highest BCUT2D eigenvalue weighted by Gasteiger charge is 2.12. The molecule has 0 saturated carbocycles. The fourth-order valence-corrected chi connectivity index (χ4v) is 2.39. The van der Waals surface area contributed by atoms with E-state index in [9.17, 15) is 9.59 Å². The van der Waals surface area contributed by atoms with Gasteiger partial charge in [0.05, 0.1) is 27.0 Å². The Morgan fingerprint density at radius 1 is 0.897 bits per heavy atom. The maximum absolute atomic E-state index is 12.4. The second-order valence-corrected chi connectivity index (χ2v) is 5.76. The number of carbonyl (C=O) groups excluding carboxylic acids is 1. The number of rotatable bonds is 9. The summed E-state index contributed by atoms with van der Waals surface area (Å²) in [6.07, 6.45) is 0. The molecule has 0 aliphatic carbocycles. The molecule has 2 aromatic rings. The number of benzene rings is 2. The van der Waals surface area contributed by atoms with Gasteiger partial charge in [-0.1, -0.05) is 0 Å². The van der Waals surface area contributed by atoms with E-state index in [1.54, 1.807) is 43.3 Å². The zero-order valence-electron chi connectivity index (χ0n) is 16.5. The number of methoxy groups -OCH3 is 3. The molecule has 0 radical (unpaired) electrons. The van der Waals surface area contributed by atoms with Gasteiger partial charge in [-0.25, -0.2) is 10.2 Å². The summed E-state index contributed by atoms with van der Waals surface area (Å²) >= 11 is 0. The Balaban J connectivity index is 2.14. The second kappa shape index (κ2) is 9.98. The van der Waals surface area contributed by atoms with Gasteiger partial charge in [-0.3, -0.25) is 4.79 Å². The van der Waals surface area contributed by atoms with Crippen LogP contribution < -0.4 is 24.4 Å². The van der Waals surface area contributed by atoms with Crippen LogP contribution in [0.5, 0.6) is 23.0 Å². The molecule has 9 heteroatoms. The first-order valence-corrected chi connectivity index (χ1v) is 8.49. The fourth-order valence-electron chi connectivity index (χ4n) is 2.39. The standard InChI is InChI=1S/C20H22N2O7/c1-12(13-5-8-16(18(9-13)28-4)29-11-19(23)24)21-22-20(25)14-6-7-15(26-2)17(10-14)27-3/h5-10H,11H2,1-4H3,(H,22,25)(H,23,24)/b21-12-. The van der Waals surface area contributed by atoms with Crippen molar-refractivity contribution in [2.75, 3.05) is 27.9 Å². The van der Waals surface area contributed by atoms with Crippen molar-refractivity contribution < 1.29 is 33.6 Å². The average Bonchev–Trinajstić information content (AvgIpc) is 2.74. The van der Waals surface area contributed by atoms with Gasteiger partial charge in [-0.2, -0.15) is 5.10 Å². The molecule has 0 aromatic heterocycles. The number of carboxylic acids is 1. The van der Waals surface area contributed by atoms with Gasteiger partial charge in [0.2, 0.25) is 0 Å². The van der Waals surface area contributed by atoms with Crippen molar-refractivity contribution in [2.24, 2.45) is 5.10 Å². The maximum atomic E-state index is 12.4. The number of hydrogen-bond acceptors (Lipinski definition) is 7. The molecule has 0 fully saturated rings. The van der Waals surface area contributed by atoms with Crippen molar-refractivity contribution >= 4 is 17.6 Å². The Bertz CT molecular complexity index is 925. The predicted octanol–water partition coefficient (Wildman–Crippen LogP) is 2.33. The van der Waals surface area contributed by atoms with Gasteiger partial charge in [0.25, 0.3) is 5.91 Å². The van der Waals surface area contributed by atoms with E-state index in [0.717, 1.165) is 0 Å². The zero-order chi connectivity index (χ0) is 21.4. The Labute approximate surface area is 167 Å². The molecular weight excluding hydrogens is 380 g/mol. The van der Waals surface area contributed by atoms with E-state index in [1.807, 2.05) is 0 Å².